The van der Waals surface area contributed by atoms with Gasteiger partial charge in [0.25, 0.3) is 0 Å². The molecule has 0 spiro atoms. The number of phenols is 1. The van der Waals surface area contributed by atoms with Crippen LogP contribution in [0.2, 0.25) is 10.6 Å². The molecule has 0 aromatic heterocycles. The first-order chi connectivity index (χ1) is 7.74. The van der Waals surface area contributed by atoms with Gasteiger partial charge in [-0.05, 0) is 0 Å². The molecule has 1 N–H and O–H groups in total. The topological polar surface area (TPSA) is 20.2 Å². The Morgan fingerprint density at radius 2 is 2.00 bits per heavy atom. The summed E-state index contributed by atoms with van der Waals surface area (Å²) >= 11 is 4.18. The summed E-state index contributed by atoms with van der Waals surface area (Å²) in [6.45, 7) is 2.25. The SMILES string of the molecule is CCCC[Se]CCCc1ccc(O)c(Br)c1. The Morgan fingerprint density at radius 1 is 1.25 bits per heavy atom. The van der Waals surface area contributed by atoms with Crippen molar-refractivity contribution in [2.75, 3.05) is 0 Å². The second kappa shape index (κ2) is 8.16. The number of hydrogen-bond acceptors (Lipinski definition) is 1. The molecule has 1 aromatic rings. The number of unbranched alkanes of at least 4 members (excludes halogenated alkanes) is 1. The molecule has 0 fully saturated rings. The number of hydrogen-bond donors (Lipinski definition) is 1. The molecular weight excluding hydrogens is 331 g/mol. The fraction of sp³-hybridized carbons (Fsp3) is 0.538. The van der Waals surface area contributed by atoms with Gasteiger partial charge in [-0.2, -0.15) is 0 Å². The van der Waals surface area contributed by atoms with Crippen molar-refractivity contribution in [2.24, 2.45) is 0 Å². The van der Waals surface area contributed by atoms with E-state index in [1.54, 1.807) is 6.07 Å². The predicted molar refractivity (Wildman–Crippen MR) is 74.4 cm³/mol. The minimum atomic E-state index is 0.330. The van der Waals surface area contributed by atoms with Crippen LogP contribution in [-0.4, -0.2) is 20.1 Å². The van der Waals surface area contributed by atoms with Gasteiger partial charge in [-0.25, -0.2) is 0 Å². The summed E-state index contributed by atoms with van der Waals surface area (Å²) in [4.78, 5) is 0. The molecule has 3 heteroatoms. The molecule has 0 heterocycles. The first-order valence-electron chi connectivity index (χ1n) is 5.79. The second-order valence-corrected chi connectivity index (χ2v) is 7.28. The van der Waals surface area contributed by atoms with Gasteiger partial charge in [-0.3, -0.25) is 0 Å². The summed E-state index contributed by atoms with van der Waals surface area (Å²) in [7, 11) is 0. The monoisotopic (exact) mass is 350 g/mol. The Hall–Kier alpha value is 0.0195. The molecule has 0 atom stereocenters. The Kier molecular flexibility index (Phi) is 7.18. The van der Waals surface area contributed by atoms with Gasteiger partial charge in [-0.15, -0.1) is 0 Å². The van der Waals surface area contributed by atoms with Crippen LogP contribution in [0.5, 0.6) is 5.75 Å². The minimum absolute atomic E-state index is 0.330. The van der Waals surface area contributed by atoms with Crippen molar-refractivity contribution in [3.05, 3.63) is 28.2 Å². The van der Waals surface area contributed by atoms with E-state index in [1.807, 2.05) is 12.1 Å². The standard InChI is InChI=1S/C13H19BrOSe/c1-2-3-8-16-9-4-5-11-6-7-13(15)12(14)10-11/h6-7,10,15H,2-5,8-9H2,1H3. The zero-order valence-corrected chi connectivity index (χ0v) is 13.0. The van der Waals surface area contributed by atoms with Crippen LogP contribution in [0.25, 0.3) is 0 Å². The third kappa shape index (κ3) is 5.38. The van der Waals surface area contributed by atoms with Crippen LogP contribution < -0.4 is 0 Å². The molecule has 0 saturated heterocycles. The molecule has 0 amide bonds. The number of rotatable bonds is 7. The Bertz CT molecular complexity index is 315. The normalized spacial score (nSPS) is 10.6. The fourth-order valence-electron chi connectivity index (χ4n) is 1.43. The molecule has 0 radical (unpaired) electrons. The molecule has 0 aliphatic carbocycles. The van der Waals surface area contributed by atoms with Crippen LogP contribution in [0.4, 0.5) is 0 Å². The Labute approximate surface area is 113 Å². The van der Waals surface area contributed by atoms with E-state index >= 15 is 0 Å². The van der Waals surface area contributed by atoms with Crippen molar-refractivity contribution in [2.45, 2.75) is 43.2 Å². The van der Waals surface area contributed by atoms with E-state index in [4.69, 9.17) is 0 Å². The van der Waals surface area contributed by atoms with Gasteiger partial charge >= 0.3 is 113 Å². The van der Waals surface area contributed by atoms with Crippen molar-refractivity contribution < 1.29 is 5.11 Å². The Balaban J connectivity index is 2.19. The van der Waals surface area contributed by atoms with Crippen LogP contribution in [0.15, 0.2) is 22.7 Å². The van der Waals surface area contributed by atoms with Gasteiger partial charge in [0.1, 0.15) is 0 Å². The molecule has 0 aliphatic heterocycles. The number of aromatic hydroxyl groups is 1. The van der Waals surface area contributed by atoms with Crippen molar-refractivity contribution in [3.8, 4) is 5.75 Å². The van der Waals surface area contributed by atoms with Crippen LogP contribution in [0, 0.1) is 0 Å². The van der Waals surface area contributed by atoms with E-state index in [9.17, 15) is 5.11 Å². The van der Waals surface area contributed by atoms with E-state index in [-0.39, 0.29) is 0 Å². The number of aryl methyl sites for hydroxylation is 1. The van der Waals surface area contributed by atoms with Crippen molar-refractivity contribution in [1.29, 1.82) is 0 Å². The van der Waals surface area contributed by atoms with Gasteiger partial charge < -0.3 is 0 Å². The first kappa shape index (κ1) is 14.1. The molecule has 90 valence electrons. The van der Waals surface area contributed by atoms with Gasteiger partial charge in [0.05, 0.1) is 0 Å². The summed E-state index contributed by atoms with van der Waals surface area (Å²) in [5, 5.41) is 12.2. The van der Waals surface area contributed by atoms with Crippen molar-refractivity contribution >= 4 is 30.9 Å². The molecule has 0 aliphatic rings. The van der Waals surface area contributed by atoms with Crippen LogP contribution >= 0.6 is 15.9 Å². The molecule has 16 heavy (non-hydrogen) atoms. The van der Waals surface area contributed by atoms with Crippen molar-refractivity contribution in [3.63, 3.8) is 0 Å². The molecule has 0 bridgehead atoms. The Morgan fingerprint density at radius 3 is 2.69 bits per heavy atom. The summed E-state index contributed by atoms with van der Waals surface area (Å²) in [5.41, 5.74) is 1.32. The zero-order valence-electron chi connectivity index (χ0n) is 9.71. The number of phenolic OH excluding ortho intramolecular Hbond substituents is 1. The number of benzene rings is 1. The fourth-order valence-corrected chi connectivity index (χ4v) is 4.05. The molecule has 1 nitrogen and oxygen atoms in total. The molecule has 0 saturated carbocycles. The molecule has 0 unspecified atom stereocenters. The molecule has 1 aromatic carbocycles. The van der Waals surface area contributed by atoms with Gasteiger partial charge in [0.2, 0.25) is 0 Å². The van der Waals surface area contributed by atoms with E-state index in [2.05, 4.69) is 22.9 Å². The summed E-state index contributed by atoms with van der Waals surface area (Å²) in [5.74, 6) is 0.330. The summed E-state index contributed by atoms with van der Waals surface area (Å²) in [6.07, 6.45) is 5.13. The third-order valence-electron chi connectivity index (χ3n) is 2.41. The van der Waals surface area contributed by atoms with E-state index in [1.165, 1.54) is 35.5 Å². The van der Waals surface area contributed by atoms with E-state index in [0.717, 1.165) is 25.9 Å². The summed E-state index contributed by atoms with van der Waals surface area (Å²) in [6, 6.07) is 5.80. The van der Waals surface area contributed by atoms with Crippen molar-refractivity contribution in [1.82, 2.24) is 0 Å². The first-order valence-corrected chi connectivity index (χ1v) is 9.00. The van der Waals surface area contributed by atoms with Crippen LogP contribution in [0.1, 0.15) is 31.7 Å². The van der Waals surface area contributed by atoms with Crippen LogP contribution in [0.3, 0.4) is 0 Å². The second-order valence-electron chi connectivity index (χ2n) is 3.86. The number of halogens is 1. The average Bonchev–Trinajstić information content (AvgIpc) is 2.28. The zero-order chi connectivity index (χ0) is 11.8. The third-order valence-corrected chi connectivity index (χ3v) is 5.47. The maximum absolute atomic E-state index is 9.37. The van der Waals surface area contributed by atoms with Gasteiger partial charge in [0.15, 0.2) is 0 Å². The molecule has 1 rings (SSSR count). The predicted octanol–water partition coefficient (Wildman–Crippen LogP) is 4.43. The van der Waals surface area contributed by atoms with E-state index in [0.29, 0.717) is 5.75 Å². The van der Waals surface area contributed by atoms with E-state index < -0.39 is 0 Å². The van der Waals surface area contributed by atoms with Gasteiger partial charge in [-0.1, -0.05) is 0 Å². The van der Waals surface area contributed by atoms with Crippen LogP contribution in [-0.2, 0) is 6.42 Å². The average molecular weight is 350 g/mol. The summed E-state index contributed by atoms with van der Waals surface area (Å²) < 4.78 is 0.807. The molecular formula is C13H19BrOSe. The quantitative estimate of drug-likeness (QED) is 0.570. The van der Waals surface area contributed by atoms with Gasteiger partial charge in [0, 0.05) is 0 Å². The maximum atomic E-state index is 9.37.